The second-order valence-electron chi connectivity index (χ2n) is 4.53. The van der Waals surface area contributed by atoms with Crippen LogP contribution in [0.4, 0.5) is 14.9 Å². The lowest BCUT2D eigenvalue weighted by Gasteiger charge is -2.06. The summed E-state index contributed by atoms with van der Waals surface area (Å²) in [5.74, 6) is -0.0824. The first kappa shape index (κ1) is 13.1. The van der Waals surface area contributed by atoms with Crippen LogP contribution in [0.3, 0.4) is 0 Å². The topological polar surface area (TPSA) is 56.2 Å². The third kappa shape index (κ3) is 2.84. The molecule has 0 atom stereocenters. The number of amides is 1. The number of nitrogens with one attached hydrogen (secondary N) is 1. The van der Waals surface area contributed by atoms with Crippen LogP contribution in [0.2, 0.25) is 0 Å². The van der Waals surface area contributed by atoms with Crippen molar-refractivity contribution in [3.8, 4) is 5.75 Å². The van der Waals surface area contributed by atoms with Gasteiger partial charge >= 0.3 is 6.09 Å². The number of aromatic nitrogens is 2. The van der Waals surface area contributed by atoms with Gasteiger partial charge in [0.25, 0.3) is 0 Å². The van der Waals surface area contributed by atoms with Crippen molar-refractivity contribution in [2.45, 2.75) is 0 Å². The summed E-state index contributed by atoms with van der Waals surface area (Å²) in [7, 11) is 1.70. The zero-order valence-corrected chi connectivity index (χ0v) is 11.2. The normalized spacial score (nSPS) is 10.6. The van der Waals surface area contributed by atoms with Gasteiger partial charge in [0.1, 0.15) is 11.3 Å². The number of hydrogen-bond acceptors (Lipinski definition) is 3. The second-order valence-corrected chi connectivity index (χ2v) is 4.53. The fourth-order valence-corrected chi connectivity index (χ4v) is 2.02. The molecule has 0 radical (unpaired) electrons. The molecular formula is C15H12FN3O2. The van der Waals surface area contributed by atoms with Crippen molar-refractivity contribution in [1.29, 1.82) is 0 Å². The number of halogens is 1. The van der Waals surface area contributed by atoms with Gasteiger partial charge in [0.2, 0.25) is 0 Å². The summed E-state index contributed by atoms with van der Waals surface area (Å²) in [6, 6.07) is 11.5. The maximum atomic E-state index is 13.9. The summed E-state index contributed by atoms with van der Waals surface area (Å²) in [5, 5.41) is 7.10. The number of carbonyl (C=O) groups is 1. The van der Waals surface area contributed by atoms with Crippen LogP contribution in [0.25, 0.3) is 10.9 Å². The minimum atomic E-state index is -0.677. The van der Waals surface area contributed by atoms with E-state index in [9.17, 15) is 9.18 Å². The number of benzene rings is 2. The third-order valence-electron chi connectivity index (χ3n) is 2.88. The van der Waals surface area contributed by atoms with E-state index in [1.54, 1.807) is 43.6 Å². The molecule has 5 nitrogen and oxygen atoms in total. The molecule has 1 heterocycles. The van der Waals surface area contributed by atoms with Crippen molar-refractivity contribution < 1.29 is 13.9 Å². The average molecular weight is 285 g/mol. The predicted molar refractivity (Wildman–Crippen MR) is 76.8 cm³/mol. The highest BCUT2D eigenvalue weighted by molar-refractivity contribution is 5.90. The van der Waals surface area contributed by atoms with Gasteiger partial charge in [-0.15, -0.1) is 0 Å². The third-order valence-corrected chi connectivity index (χ3v) is 2.88. The Kier molecular flexibility index (Phi) is 3.27. The largest absolute Gasteiger partial charge is 0.417 e. The van der Waals surface area contributed by atoms with Gasteiger partial charge in [-0.25, -0.2) is 9.18 Å². The number of rotatable bonds is 2. The molecule has 0 saturated heterocycles. The Hall–Kier alpha value is -2.89. The number of ether oxygens (including phenoxy) is 1. The monoisotopic (exact) mass is 285 g/mol. The highest BCUT2D eigenvalue weighted by Gasteiger charge is 2.10. The van der Waals surface area contributed by atoms with E-state index in [1.807, 2.05) is 6.07 Å². The SMILES string of the molecule is Cn1cc2cc(NC(=O)Oc3ccccc3)cc(F)c2n1. The van der Waals surface area contributed by atoms with Gasteiger partial charge in [-0.05, 0) is 24.3 Å². The molecule has 2 aromatic carbocycles. The molecular weight excluding hydrogens is 273 g/mol. The number of fused-ring (bicyclic) bond motifs is 1. The summed E-state index contributed by atoms with van der Waals surface area (Å²) >= 11 is 0. The van der Waals surface area contributed by atoms with E-state index in [1.165, 1.54) is 10.7 Å². The lowest BCUT2D eigenvalue weighted by molar-refractivity contribution is 0.215. The predicted octanol–water partition coefficient (Wildman–Crippen LogP) is 3.32. The van der Waals surface area contributed by atoms with Crippen LogP contribution in [0.1, 0.15) is 0 Å². The maximum Gasteiger partial charge on any atom is 0.417 e. The second kappa shape index (κ2) is 5.24. The van der Waals surface area contributed by atoms with E-state index < -0.39 is 11.9 Å². The zero-order valence-electron chi connectivity index (χ0n) is 11.2. The lowest BCUT2D eigenvalue weighted by Crippen LogP contribution is -2.16. The molecule has 21 heavy (non-hydrogen) atoms. The lowest BCUT2D eigenvalue weighted by atomic mass is 10.2. The van der Waals surface area contributed by atoms with Crippen molar-refractivity contribution in [3.63, 3.8) is 0 Å². The van der Waals surface area contributed by atoms with Gasteiger partial charge < -0.3 is 4.74 Å². The summed E-state index contributed by atoms with van der Waals surface area (Å²) in [5.41, 5.74) is 0.577. The Morgan fingerprint density at radius 2 is 2.05 bits per heavy atom. The van der Waals surface area contributed by atoms with E-state index in [0.717, 1.165) is 0 Å². The Bertz CT molecular complexity index is 799. The van der Waals surface area contributed by atoms with E-state index in [4.69, 9.17) is 4.74 Å². The van der Waals surface area contributed by atoms with Gasteiger partial charge in [-0.1, -0.05) is 18.2 Å². The van der Waals surface area contributed by atoms with Crippen molar-refractivity contribution >= 4 is 22.7 Å². The Morgan fingerprint density at radius 1 is 1.29 bits per heavy atom. The Labute approximate surface area is 119 Å². The van der Waals surface area contributed by atoms with E-state index in [-0.39, 0.29) is 5.52 Å². The van der Waals surface area contributed by atoms with Gasteiger partial charge in [-0.2, -0.15) is 5.10 Å². The van der Waals surface area contributed by atoms with E-state index >= 15 is 0 Å². The van der Waals surface area contributed by atoms with Crippen molar-refractivity contribution in [3.05, 3.63) is 54.5 Å². The van der Waals surface area contributed by atoms with E-state index in [0.29, 0.717) is 16.8 Å². The molecule has 0 spiro atoms. The molecule has 6 heteroatoms. The summed E-state index contributed by atoms with van der Waals surface area (Å²) in [4.78, 5) is 11.8. The Balaban J connectivity index is 1.80. The standard InChI is InChI=1S/C15H12FN3O2/c1-19-9-10-7-11(8-13(16)14(10)18-19)17-15(20)21-12-5-3-2-4-6-12/h2-9H,1H3,(H,17,20). The molecule has 0 aliphatic heterocycles. The zero-order chi connectivity index (χ0) is 14.8. The number of para-hydroxylation sites is 1. The molecule has 0 saturated carbocycles. The summed E-state index contributed by atoms with van der Waals surface area (Å²) in [6.45, 7) is 0. The first-order valence-electron chi connectivity index (χ1n) is 6.28. The van der Waals surface area contributed by atoms with Crippen LogP contribution < -0.4 is 10.1 Å². The van der Waals surface area contributed by atoms with Crippen LogP contribution in [-0.4, -0.2) is 15.9 Å². The molecule has 0 bridgehead atoms. The number of hydrogen-bond donors (Lipinski definition) is 1. The maximum absolute atomic E-state index is 13.9. The quantitative estimate of drug-likeness (QED) is 0.785. The summed E-state index contributed by atoms with van der Waals surface area (Å²) < 4.78 is 20.5. The molecule has 0 aliphatic carbocycles. The van der Waals surface area contributed by atoms with Gasteiger partial charge in [0.15, 0.2) is 5.82 Å². The van der Waals surface area contributed by atoms with Gasteiger partial charge in [0, 0.05) is 24.3 Å². The van der Waals surface area contributed by atoms with Crippen LogP contribution in [0.5, 0.6) is 5.75 Å². The molecule has 1 N–H and O–H groups in total. The fourth-order valence-electron chi connectivity index (χ4n) is 2.02. The molecule has 0 unspecified atom stereocenters. The average Bonchev–Trinajstić information content (AvgIpc) is 2.81. The smallest absolute Gasteiger partial charge is 0.410 e. The van der Waals surface area contributed by atoms with Gasteiger partial charge in [0.05, 0.1) is 0 Å². The highest BCUT2D eigenvalue weighted by atomic mass is 19.1. The Morgan fingerprint density at radius 3 is 2.81 bits per heavy atom. The molecule has 1 amide bonds. The number of anilines is 1. The molecule has 0 aliphatic rings. The minimum Gasteiger partial charge on any atom is -0.410 e. The van der Waals surface area contributed by atoms with Crippen LogP contribution in [0, 0.1) is 5.82 Å². The van der Waals surface area contributed by atoms with Crippen LogP contribution in [0.15, 0.2) is 48.7 Å². The molecule has 3 aromatic rings. The molecule has 106 valence electrons. The molecule has 1 aromatic heterocycles. The molecule has 3 rings (SSSR count). The van der Waals surface area contributed by atoms with Gasteiger partial charge in [-0.3, -0.25) is 10.00 Å². The molecule has 0 fully saturated rings. The van der Waals surface area contributed by atoms with Crippen LogP contribution >= 0.6 is 0 Å². The number of nitrogens with zero attached hydrogens (tertiary/aromatic N) is 2. The fraction of sp³-hybridized carbons (Fsp3) is 0.0667. The van der Waals surface area contributed by atoms with Crippen molar-refractivity contribution in [2.24, 2.45) is 7.05 Å². The first-order valence-corrected chi connectivity index (χ1v) is 6.28. The van der Waals surface area contributed by atoms with Crippen LogP contribution in [-0.2, 0) is 7.05 Å². The summed E-state index contributed by atoms with van der Waals surface area (Å²) in [6.07, 6.45) is 0.996. The minimum absolute atomic E-state index is 0.263. The first-order chi connectivity index (χ1) is 10.1. The highest BCUT2D eigenvalue weighted by Crippen LogP contribution is 2.22. The van der Waals surface area contributed by atoms with E-state index in [2.05, 4.69) is 10.4 Å². The van der Waals surface area contributed by atoms with Crippen molar-refractivity contribution in [1.82, 2.24) is 9.78 Å². The van der Waals surface area contributed by atoms with Crippen molar-refractivity contribution in [2.75, 3.05) is 5.32 Å². The number of aryl methyl sites for hydroxylation is 1. The number of carbonyl (C=O) groups excluding carboxylic acids is 1.